The van der Waals surface area contributed by atoms with Gasteiger partial charge in [0.05, 0.1) is 23.6 Å². The van der Waals surface area contributed by atoms with Crippen molar-refractivity contribution in [3.05, 3.63) is 65.6 Å². The number of H-pyrrole nitrogens is 1. The molecule has 7 nitrogen and oxygen atoms in total. The fraction of sp³-hybridized carbons (Fsp3) is 0.261. The van der Waals surface area contributed by atoms with Gasteiger partial charge in [0.2, 0.25) is 0 Å². The SMILES string of the molecule is COc1ccc(F)c2c(C(=O)C(=O)N3CCN(C(=O)c4ccccc4)C[C@H]3C)c[nH]c12. The molecular formula is C23H22FN3O4. The fourth-order valence-corrected chi connectivity index (χ4v) is 3.98. The average molecular weight is 423 g/mol. The van der Waals surface area contributed by atoms with E-state index in [1.54, 1.807) is 36.1 Å². The Hall–Kier alpha value is -3.68. The van der Waals surface area contributed by atoms with Crippen LogP contribution in [0.1, 0.15) is 27.6 Å². The molecule has 2 heterocycles. The number of methoxy groups -OCH3 is 1. The number of carbonyl (C=O) groups is 3. The third-order valence-corrected chi connectivity index (χ3v) is 5.60. The van der Waals surface area contributed by atoms with E-state index in [2.05, 4.69) is 4.98 Å². The third-order valence-electron chi connectivity index (χ3n) is 5.60. The van der Waals surface area contributed by atoms with Gasteiger partial charge in [0.15, 0.2) is 0 Å². The van der Waals surface area contributed by atoms with E-state index in [9.17, 15) is 18.8 Å². The zero-order valence-electron chi connectivity index (χ0n) is 17.2. The summed E-state index contributed by atoms with van der Waals surface area (Å²) in [5.41, 5.74) is 0.866. The number of nitrogens with one attached hydrogen (secondary N) is 1. The first-order valence-corrected chi connectivity index (χ1v) is 9.95. The van der Waals surface area contributed by atoms with Crippen LogP contribution in [0.5, 0.6) is 5.75 Å². The van der Waals surface area contributed by atoms with Crippen molar-refractivity contribution in [3.63, 3.8) is 0 Å². The highest BCUT2D eigenvalue weighted by Crippen LogP contribution is 2.30. The van der Waals surface area contributed by atoms with Gasteiger partial charge >= 0.3 is 0 Å². The number of Topliss-reactive ketones (excluding diaryl/α,β-unsaturated/α-hetero) is 1. The third kappa shape index (κ3) is 3.65. The van der Waals surface area contributed by atoms with Gasteiger partial charge in [-0.25, -0.2) is 4.39 Å². The highest BCUT2D eigenvalue weighted by atomic mass is 19.1. The summed E-state index contributed by atoms with van der Waals surface area (Å²) in [5, 5.41) is 0.0308. The maximum Gasteiger partial charge on any atom is 0.295 e. The molecule has 160 valence electrons. The van der Waals surface area contributed by atoms with Crippen LogP contribution in [0.2, 0.25) is 0 Å². The molecule has 31 heavy (non-hydrogen) atoms. The maximum atomic E-state index is 14.4. The zero-order chi connectivity index (χ0) is 22.1. The largest absolute Gasteiger partial charge is 0.495 e. The molecule has 1 aliphatic rings. The molecule has 2 amide bonds. The van der Waals surface area contributed by atoms with E-state index in [-0.39, 0.29) is 29.4 Å². The lowest BCUT2D eigenvalue weighted by molar-refractivity contribution is -0.130. The molecular weight excluding hydrogens is 401 g/mol. The summed E-state index contributed by atoms with van der Waals surface area (Å²) < 4.78 is 19.6. The molecule has 1 aliphatic heterocycles. The van der Waals surface area contributed by atoms with E-state index in [0.29, 0.717) is 29.9 Å². The Labute approximate surface area is 178 Å². The minimum absolute atomic E-state index is 0.0308. The number of fused-ring (bicyclic) bond motifs is 1. The minimum Gasteiger partial charge on any atom is -0.495 e. The number of benzene rings is 2. The quantitative estimate of drug-likeness (QED) is 0.517. The summed E-state index contributed by atoms with van der Waals surface area (Å²) in [7, 11) is 1.44. The highest BCUT2D eigenvalue weighted by molar-refractivity contribution is 6.45. The van der Waals surface area contributed by atoms with Crippen molar-refractivity contribution < 1.29 is 23.5 Å². The van der Waals surface area contributed by atoms with Crippen LogP contribution in [0.4, 0.5) is 4.39 Å². The summed E-state index contributed by atoms with van der Waals surface area (Å²) in [6, 6.07) is 11.2. The summed E-state index contributed by atoms with van der Waals surface area (Å²) in [6.07, 6.45) is 1.33. The van der Waals surface area contributed by atoms with Crippen molar-refractivity contribution in [2.75, 3.05) is 26.7 Å². The molecule has 0 spiro atoms. The second-order valence-electron chi connectivity index (χ2n) is 7.50. The normalized spacial score (nSPS) is 16.4. The molecule has 1 atom stereocenters. The number of aromatic amines is 1. The number of hydrogen-bond acceptors (Lipinski definition) is 4. The van der Waals surface area contributed by atoms with Crippen molar-refractivity contribution in [2.45, 2.75) is 13.0 Å². The zero-order valence-corrected chi connectivity index (χ0v) is 17.2. The molecule has 0 unspecified atom stereocenters. The molecule has 0 radical (unpaired) electrons. The molecule has 8 heteroatoms. The minimum atomic E-state index is -0.798. The standard InChI is InChI=1S/C23H22FN3O4/c1-14-13-26(22(29)15-6-4-3-5-7-15)10-11-27(14)23(30)21(28)16-12-25-20-18(31-2)9-8-17(24)19(16)20/h3-9,12,14,25H,10-11,13H2,1-2H3/t14-/m1/s1. The first-order valence-electron chi connectivity index (χ1n) is 9.95. The van der Waals surface area contributed by atoms with E-state index in [4.69, 9.17) is 4.74 Å². The second kappa shape index (κ2) is 8.22. The number of halogens is 1. The van der Waals surface area contributed by atoms with Crippen molar-refractivity contribution in [2.24, 2.45) is 0 Å². The van der Waals surface area contributed by atoms with Gasteiger partial charge in [0, 0.05) is 37.4 Å². The Bertz CT molecular complexity index is 1160. The van der Waals surface area contributed by atoms with Gasteiger partial charge in [-0.15, -0.1) is 0 Å². The number of carbonyl (C=O) groups excluding carboxylic acids is 3. The van der Waals surface area contributed by atoms with Gasteiger partial charge in [-0.1, -0.05) is 18.2 Å². The van der Waals surface area contributed by atoms with Crippen LogP contribution in [0.25, 0.3) is 10.9 Å². The van der Waals surface area contributed by atoms with Gasteiger partial charge in [-0.3, -0.25) is 14.4 Å². The highest BCUT2D eigenvalue weighted by Gasteiger charge is 2.34. The second-order valence-corrected chi connectivity index (χ2v) is 7.50. The van der Waals surface area contributed by atoms with Crippen molar-refractivity contribution in [1.29, 1.82) is 0 Å². The van der Waals surface area contributed by atoms with Crippen molar-refractivity contribution >= 4 is 28.5 Å². The summed E-state index contributed by atoms with van der Waals surface area (Å²) in [6.45, 7) is 2.63. The average Bonchev–Trinajstić information content (AvgIpc) is 3.24. The number of amides is 2. The van der Waals surface area contributed by atoms with E-state index in [0.717, 1.165) is 0 Å². The summed E-state index contributed by atoms with van der Waals surface area (Å²) in [5.74, 6) is -1.86. The Balaban J connectivity index is 1.52. The lowest BCUT2D eigenvalue weighted by Crippen LogP contribution is -2.56. The molecule has 0 saturated carbocycles. The number of ketones is 1. The van der Waals surface area contributed by atoms with Gasteiger partial charge in [0.25, 0.3) is 17.6 Å². The maximum absolute atomic E-state index is 14.4. The topological polar surface area (TPSA) is 82.7 Å². The van der Waals surface area contributed by atoms with Gasteiger partial charge < -0.3 is 19.5 Å². The lowest BCUT2D eigenvalue weighted by Gasteiger charge is -2.39. The van der Waals surface area contributed by atoms with E-state index >= 15 is 0 Å². The summed E-state index contributed by atoms with van der Waals surface area (Å²) >= 11 is 0. The Morgan fingerprint density at radius 1 is 1.10 bits per heavy atom. The van der Waals surface area contributed by atoms with Gasteiger partial charge in [-0.05, 0) is 31.2 Å². The number of nitrogens with zero attached hydrogens (tertiary/aromatic N) is 2. The van der Waals surface area contributed by atoms with Crippen LogP contribution < -0.4 is 4.74 Å². The number of piperazine rings is 1. The molecule has 4 rings (SSSR count). The fourth-order valence-electron chi connectivity index (χ4n) is 3.98. The molecule has 2 aromatic carbocycles. The molecule has 1 fully saturated rings. The first kappa shape index (κ1) is 20.6. The van der Waals surface area contributed by atoms with Crippen LogP contribution in [0.3, 0.4) is 0 Å². The smallest absolute Gasteiger partial charge is 0.295 e. The van der Waals surface area contributed by atoms with Crippen LogP contribution in [-0.4, -0.2) is 65.2 Å². The monoisotopic (exact) mass is 423 g/mol. The van der Waals surface area contributed by atoms with Crippen LogP contribution in [0.15, 0.2) is 48.7 Å². The van der Waals surface area contributed by atoms with Crippen LogP contribution >= 0.6 is 0 Å². The van der Waals surface area contributed by atoms with Crippen LogP contribution in [-0.2, 0) is 4.79 Å². The van der Waals surface area contributed by atoms with Gasteiger partial charge in [0.1, 0.15) is 11.6 Å². The Morgan fingerprint density at radius 2 is 1.84 bits per heavy atom. The van der Waals surface area contributed by atoms with E-state index in [1.165, 1.54) is 30.3 Å². The molecule has 0 bridgehead atoms. The Kier molecular flexibility index (Phi) is 5.46. The molecule has 1 aromatic heterocycles. The Morgan fingerprint density at radius 3 is 2.52 bits per heavy atom. The first-order chi connectivity index (χ1) is 14.9. The van der Waals surface area contributed by atoms with Crippen molar-refractivity contribution in [1.82, 2.24) is 14.8 Å². The van der Waals surface area contributed by atoms with E-state index < -0.39 is 17.5 Å². The number of aromatic nitrogens is 1. The predicted molar refractivity (Wildman–Crippen MR) is 113 cm³/mol. The number of ether oxygens (including phenoxy) is 1. The van der Waals surface area contributed by atoms with Crippen LogP contribution in [0, 0.1) is 5.82 Å². The molecule has 3 aromatic rings. The van der Waals surface area contributed by atoms with Crippen molar-refractivity contribution in [3.8, 4) is 5.75 Å². The molecule has 1 saturated heterocycles. The van der Waals surface area contributed by atoms with E-state index in [1.807, 2.05) is 6.07 Å². The summed E-state index contributed by atoms with van der Waals surface area (Å²) in [4.78, 5) is 44.5. The number of rotatable bonds is 4. The predicted octanol–water partition coefficient (Wildman–Crippen LogP) is 2.87. The number of hydrogen-bond donors (Lipinski definition) is 1. The molecule has 1 N–H and O–H groups in total. The lowest BCUT2D eigenvalue weighted by atomic mass is 10.1. The molecule has 0 aliphatic carbocycles. The van der Waals surface area contributed by atoms with Gasteiger partial charge in [-0.2, -0.15) is 0 Å².